The summed E-state index contributed by atoms with van der Waals surface area (Å²) >= 11 is 0. The number of fused-ring (bicyclic) bond motifs is 1. The molecule has 1 saturated heterocycles. The summed E-state index contributed by atoms with van der Waals surface area (Å²) in [6.45, 7) is 4.01. The fraction of sp³-hybridized carbons (Fsp3) is 0.333. The van der Waals surface area contributed by atoms with Gasteiger partial charge in [0.25, 0.3) is 0 Å². The van der Waals surface area contributed by atoms with Gasteiger partial charge < -0.3 is 0 Å². The smallest absolute Gasteiger partial charge is 0.139 e. The van der Waals surface area contributed by atoms with Crippen molar-refractivity contribution >= 4 is 11.0 Å². The summed E-state index contributed by atoms with van der Waals surface area (Å²) in [7, 11) is 2.21. The molecule has 5 heteroatoms. The SMILES string of the molecule is CN1CCN(Cc2cccc3nonc23)C[C@H]1c1ccccc1. The lowest BCUT2D eigenvalue weighted by molar-refractivity contribution is 0.0907. The Morgan fingerprint density at radius 2 is 1.91 bits per heavy atom. The first-order valence-corrected chi connectivity index (χ1v) is 7.99. The third kappa shape index (κ3) is 2.85. The van der Waals surface area contributed by atoms with Crippen LogP contribution in [0.15, 0.2) is 53.2 Å². The summed E-state index contributed by atoms with van der Waals surface area (Å²) in [6, 6.07) is 17.2. The highest BCUT2D eigenvalue weighted by molar-refractivity contribution is 5.76. The van der Waals surface area contributed by atoms with E-state index in [4.69, 9.17) is 4.63 Å². The van der Waals surface area contributed by atoms with E-state index < -0.39 is 0 Å². The van der Waals surface area contributed by atoms with Gasteiger partial charge in [-0.25, -0.2) is 4.63 Å². The second-order valence-electron chi connectivity index (χ2n) is 6.19. The molecular formula is C18H20N4O. The highest BCUT2D eigenvalue weighted by atomic mass is 16.6. The minimum atomic E-state index is 0.430. The van der Waals surface area contributed by atoms with E-state index in [1.165, 1.54) is 11.1 Å². The monoisotopic (exact) mass is 308 g/mol. The Labute approximate surface area is 135 Å². The van der Waals surface area contributed by atoms with Gasteiger partial charge in [0.2, 0.25) is 0 Å². The van der Waals surface area contributed by atoms with Crippen LogP contribution >= 0.6 is 0 Å². The van der Waals surface area contributed by atoms with Gasteiger partial charge in [0.15, 0.2) is 0 Å². The largest absolute Gasteiger partial charge is 0.297 e. The second kappa shape index (κ2) is 6.10. The Morgan fingerprint density at radius 1 is 1.04 bits per heavy atom. The van der Waals surface area contributed by atoms with E-state index in [0.29, 0.717) is 6.04 Å². The minimum absolute atomic E-state index is 0.430. The van der Waals surface area contributed by atoms with Crippen molar-refractivity contribution < 1.29 is 4.63 Å². The van der Waals surface area contributed by atoms with Gasteiger partial charge in [-0.1, -0.05) is 42.5 Å². The molecule has 0 spiro atoms. The quantitative estimate of drug-likeness (QED) is 0.744. The van der Waals surface area contributed by atoms with Gasteiger partial charge in [-0.15, -0.1) is 0 Å². The van der Waals surface area contributed by atoms with E-state index in [2.05, 4.69) is 63.6 Å². The highest BCUT2D eigenvalue weighted by Gasteiger charge is 2.26. The van der Waals surface area contributed by atoms with Crippen LogP contribution in [-0.2, 0) is 6.54 Å². The molecule has 0 aliphatic carbocycles. The minimum Gasteiger partial charge on any atom is -0.297 e. The Morgan fingerprint density at radius 3 is 2.78 bits per heavy atom. The second-order valence-corrected chi connectivity index (χ2v) is 6.19. The van der Waals surface area contributed by atoms with E-state index in [1.807, 2.05) is 12.1 Å². The summed E-state index contributed by atoms with van der Waals surface area (Å²) in [5.41, 5.74) is 4.26. The third-order valence-electron chi connectivity index (χ3n) is 4.68. The Kier molecular flexibility index (Phi) is 3.81. The Balaban J connectivity index is 1.55. The zero-order chi connectivity index (χ0) is 15.6. The highest BCUT2D eigenvalue weighted by Crippen LogP contribution is 2.25. The molecule has 5 nitrogen and oxygen atoms in total. The maximum Gasteiger partial charge on any atom is 0.139 e. The topological polar surface area (TPSA) is 45.4 Å². The van der Waals surface area contributed by atoms with Crippen LogP contribution in [-0.4, -0.2) is 46.8 Å². The van der Waals surface area contributed by atoms with Crippen molar-refractivity contribution in [3.05, 3.63) is 59.7 Å². The molecule has 0 unspecified atom stereocenters. The summed E-state index contributed by atoms with van der Waals surface area (Å²) in [4.78, 5) is 4.92. The van der Waals surface area contributed by atoms with Crippen molar-refractivity contribution in [2.75, 3.05) is 26.7 Å². The van der Waals surface area contributed by atoms with Crippen LogP contribution in [0.1, 0.15) is 17.2 Å². The summed E-state index contributed by atoms with van der Waals surface area (Å²) < 4.78 is 4.88. The van der Waals surface area contributed by atoms with Crippen molar-refractivity contribution in [2.24, 2.45) is 0 Å². The number of piperazine rings is 1. The van der Waals surface area contributed by atoms with Crippen LogP contribution in [0.4, 0.5) is 0 Å². The Hall–Kier alpha value is -2.24. The molecule has 1 atom stereocenters. The average Bonchev–Trinajstić information content (AvgIpc) is 3.07. The van der Waals surface area contributed by atoms with Crippen molar-refractivity contribution in [1.29, 1.82) is 0 Å². The van der Waals surface area contributed by atoms with Crippen LogP contribution < -0.4 is 0 Å². The molecule has 23 heavy (non-hydrogen) atoms. The maximum absolute atomic E-state index is 4.88. The number of benzene rings is 2. The Bertz CT molecular complexity index is 786. The van der Waals surface area contributed by atoms with E-state index in [0.717, 1.165) is 37.2 Å². The zero-order valence-electron chi connectivity index (χ0n) is 13.2. The van der Waals surface area contributed by atoms with E-state index in [9.17, 15) is 0 Å². The summed E-state index contributed by atoms with van der Waals surface area (Å²) in [5, 5.41) is 7.99. The van der Waals surface area contributed by atoms with Crippen molar-refractivity contribution in [3.8, 4) is 0 Å². The van der Waals surface area contributed by atoms with Gasteiger partial charge >= 0.3 is 0 Å². The normalized spacial score (nSPS) is 20.1. The van der Waals surface area contributed by atoms with Crippen LogP contribution in [0.5, 0.6) is 0 Å². The molecule has 4 rings (SSSR count). The number of hydrogen-bond acceptors (Lipinski definition) is 5. The number of likely N-dealkylation sites (N-methyl/N-ethyl adjacent to an activating group) is 1. The predicted octanol–water partition coefficient (Wildman–Crippen LogP) is 2.71. The number of aromatic nitrogens is 2. The van der Waals surface area contributed by atoms with Gasteiger partial charge in [0.1, 0.15) is 11.0 Å². The molecule has 2 heterocycles. The molecule has 2 aromatic carbocycles. The molecule has 1 fully saturated rings. The van der Waals surface area contributed by atoms with E-state index >= 15 is 0 Å². The standard InChI is InChI=1S/C18H20N4O/c1-21-10-11-22(13-17(21)14-6-3-2-4-7-14)12-15-8-5-9-16-18(15)20-23-19-16/h2-9,17H,10-13H2,1H3/t17-/m0/s1. The van der Waals surface area contributed by atoms with Crippen molar-refractivity contribution in [1.82, 2.24) is 20.1 Å². The average molecular weight is 308 g/mol. The van der Waals surface area contributed by atoms with Crippen LogP contribution in [0.3, 0.4) is 0 Å². The van der Waals surface area contributed by atoms with Gasteiger partial charge in [-0.2, -0.15) is 0 Å². The molecule has 0 amide bonds. The fourth-order valence-corrected chi connectivity index (χ4v) is 3.34. The van der Waals surface area contributed by atoms with Gasteiger partial charge in [-0.05, 0) is 34.6 Å². The van der Waals surface area contributed by atoms with Crippen LogP contribution in [0, 0.1) is 0 Å². The lowest BCUT2D eigenvalue weighted by Gasteiger charge is -2.39. The lowest BCUT2D eigenvalue weighted by Crippen LogP contribution is -2.46. The molecule has 0 bridgehead atoms. The molecule has 0 N–H and O–H groups in total. The van der Waals surface area contributed by atoms with E-state index in [1.54, 1.807) is 0 Å². The molecular weight excluding hydrogens is 288 g/mol. The van der Waals surface area contributed by atoms with Crippen molar-refractivity contribution in [3.63, 3.8) is 0 Å². The van der Waals surface area contributed by atoms with Gasteiger partial charge in [0, 0.05) is 32.2 Å². The molecule has 0 radical (unpaired) electrons. The molecule has 1 aliphatic heterocycles. The first kappa shape index (κ1) is 14.4. The lowest BCUT2D eigenvalue weighted by atomic mass is 10.0. The van der Waals surface area contributed by atoms with E-state index in [-0.39, 0.29) is 0 Å². The molecule has 1 aromatic heterocycles. The number of rotatable bonds is 3. The molecule has 1 aliphatic rings. The van der Waals surface area contributed by atoms with Gasteiger partial charge in [-0.3, -0.25) is 9.80 Å². The third-order valence-corrected chi connectivity index (χ3v) is 4.68. The maximum atomic E-state index is 4.88. The summed E-state index contributed by atoms with van der Waals surface area (Å²) in [6.07, 6.45) is 0. The fourth-order valence-electron chi connectivity index (χ4n) is 3.34. The molecule has 118 valence electrons. The number of hydrogen-bond donors (Lipinski definition) is 0. The van der Waals surface area contributed by atoms with Crippen molar-refractivity contribution in [2.45, 2.75) is 12.6 Å². The van der Waals surface area contributed by atoms with Gasteiger partial charge in [0.05, 0.1) is 0 Å². The zero-order valence-corrected chi connectivity index (χ0v) is 13.2. The van der Waals surface area contributed by atoms with Crippen LogP contribution in [0.25, 0.3) is 11.0 Å². The number of nitrogens with zero attached hydrogens (tertiary/aromatic N) is 4. The summed E-state index contributed by atoms with van der Waals surface area (Å²) in [5.74, 6) is 0. The van der Waals surface area contributed by atoms with Crippen LogP contribution in [0.2, 0.25) is 0 Å². The molecule has 3 aromatic rings. The first-order valence-electron chi connectivity index (χ1n) is 7.99. The first-order chi connectivity index (χ1) is 11.3. The predicted molar refractivity (Wildman–Crippen MR) is 88.9 cm³/mol. The molecule has 0 saturated carbocycles.